The molecule has 16 heavy (non-hydrogen) atoms. The highest BCUT2D eigenvalue weighted by Gasteiger charge is 2.20. The topological polar surface area (TPSA) is 55.1 Å². The van der Waals surface area contributed by atoms with Gasteiger partial charge >= 0.3 is 0 Å². The van der Waals surface area contributed by atoms with Crippen molar-refractivity contribution in [1.82, 2.24) is 5.32 Å². The van der Waals surface area contributed by atoms with Crippen molar-refractivity contribution in [3.8, 4) is 0 Å². The van der Waals surface area contributed by atoms with E-state index < -0.39 is 10.8 Å². The second-order valence-electron chi connectivity index (χ2n) is 4.43. The predicted octanol–water partition coefficient (Wildman–Crippen LogP) is 2.56. The Bertz CT molecular complexity index is 373. The zero-order valence-corrected chi connectivity index (χ0v) is 12.8. The second-order valence-corrected chi connectivity index (χ2v) is 9.12. The smallest absolute Gasteiger partial charge is 0.0912 e. The number of hydrogen-bond acceptors (Lipinski definition) is 4. The molecule has 2 atom stereocenters. The van der Waals surface area contributed by atoms with Gasteiger partial charge in [0, 0.05) is 20.4 Å². The molecule has 0 spiro atoms. The average Bonchev–Trinajstić information content (AvgIpc) is 2.59. The van der Waals surface area contributed by atoms with Gasteiger partial charge in [0.25, 0.3) is 0 Å². The van der Waals surface area contributed by atoms with Crippen LogP contribution in [0.1, 0.15) is 31.8 Å². The lowest BCUT2D eigenvalue weighted by atomic mass is 10.3. The molecule has 1 aromatic rings. The van der Waals surface area contributed by atoms with E-state index in [-0.39, 0.29) is 10.9 Å². The van der Waals surface area contributed by atoms with Crippen LogP contribution < -0.4 is 11.1 Å². The van der Waals surface area contributed by atoms with Crippen molar-refractivity contribution in [2.75, 3.05) is 5.88 Å². The summed E-state index contributed by atoms with van der Waals surface area (Å²) >= 11 is 4.97. The van der Waals surface area contributed by atoms with Gasteiger partial charge in [0.15, 0.2) is 0 Å². The Hall–Kier alpha value is 0.250. The molecule has 1 heterocycles. The van der Waals surface area contributed by atoms with Gasteiger partial charge in [-0.2, -0.15) is 0 Å². The van der Waals surface area contributed by atoms with Crippen LogP contribution in [0.4, 0.5) is 0 Å². The molecular formula is C10H17BrN2OS2. The normalized spacial score (nSPS) is 16.1. The lowest BCUT2D eigenvalue weighted by Gasteiger charge is -2.20. The zero-order chi connectivity index (χ0) is 12.3. The summed E-state index contributed by atoms with van der Waals surface area (Å²) in [5.41, 5.74) is 5.94. The van der Waals surface area contributed by atoms with Crippen LogP contribution in [0.25, 0.3) is 0 Å². The van der Waals surface area contributed by atoms with E-state index in [0.29, 0.717) is 5.88 Å². The van der Waals surface area contributed by atoms with Crippen molar-refractivity contribution < 1.29 is 4.21 Å². The van der Waals surface area contributed by atoms with Crippen LogP contribution in [-0.4, -0.2) is 14.8 Å². The van der Waals surface area contributed by atoms with Gasteiger partial charge < -0.3 is 5.73 Å². The third-order valence-electron chi connectivity index (χ3n) is 2.02. The molecule has 0 aliphatic carbocycles. The summed E-state index contributed by atoms with van der Waals surface area (Å²) in [6, 6.07) is 3.93. The van der Waals surface area contributed by atoms with Crippen molar-refractivity contribution >= 4 is 38.1 Å². The largest absolute Gasteiger partial charge is 0.311 e. The molecule has 0 bridgehead atoms. The highest BCUT2D eigenvalue weighted by molar-refractivity contribution is 9.11. The Morgan fingerprint density at radius 3 is 2.62 bits per heavy atom. The lowest BCUT2D eigenvalue weighted by Crippen LogP contribution is -2.36. The van der Waals surface area contributed by atoms with E-state index in [1.54, 1.807) is 11.3 Å². The number of rotatable bonds is 4. The van der Waals surface area contributed by atoms with Crippen molar-refractivity contribution in [3.05, 3.63) is 20.8 Å². The average molecular weight is 325 g/mol. The summed E-state index contributed by atoms with van der Waals surface area (Å²) in [5.74, 6) is 0.417. The highest BCUT2D eigenvalue weighted by Crippen LogP contribution is 2.25. The standard InChI is InChI=1S/C10H17BrN2OS2/c1-10(2,3)16(14)6-13-9(12)7-4-5-8(11)15-7/h4-5,9,13H,6,12H2,1-3H3/t9-,16?/m0/s1. The summed E-state index contributed by atoms with van der Waals surface area (Å²) in [7, 11) is -0.923. The summed E-state index contributed by atoms with van der Waals surface area (Å²) in [6.07, 6.45) is -0.248. The number of halogens is 1. The van der Waals surface area contributed by atoms with Gasteiger partial charge in [-0.05, 0) is 48.8 Å². The number of hydrogen-bond donors (Lipinski definition) is 2. The fraction of sp³-hybridized carbons (Fsp3) is 0.600. The van der Waals surface area contributed by atoms with E-state index in [1.165, 1.54) is 0 Å². The molecule has 0 aliphatic rings. The van der Waals surface area contributed by atoms with Crippen LogP contribution in [0.2, 0.25) is 0 Å². The first-order valence-electron chi connectivity index (χ1n) is 4.93. The van der Waals surface area contributed by atoms with Gasteiger partial charge in [0.05, 0.1) is 15.8 Å². The SMILES string of the molecule is CC(C)(C)S(=O)CN[C@H](N)c1ccc(Br)s1. The second kappa shape index (κ2) is 5.73. The molecule has 6 heteroatoms. The van der Waals surface area contributed by atoms with Crippen LogP contribution in [0.15, 0.2) is 15.9 Å². The minimum Gasteiger partial charge on any atom is -0.311 e. The monoisotopic (exact) mass is 324 g/mol. The van der Waals surface area contributed by atoms with Crippen molar-refractivity contribution in [3.63, 3.8) is 0 Å². The van der Waals surface area contributed by atoms with Crippen molar-refractivity contribution in [2.45, 2.75) is 31.7 Å². The zero-order valence-electron chi connectivity index (χ0n) is 9.62. The fourth-order valence-corrected chi connectivity index (χ4v) is 3.14. The Balaban J connectivity index is 2.48. The summed E-state index contributed by atoms with van der Waals surface area (Å²) < 4.78 is 12.6. The molecule has 0 aliphatic heterocycles. The molecule has 0 saturated carbocycles. The van der Waals surface area contributed by atoms with Crippen LogP contribution in [0.5, 0.6) is 0 Å². The van der Waals surface area contributed by atoms with E-state index in [4.69, 9.17) is 5.73 Å². The lowest BCUT2D eigenvalue weighted by molar-refractivity contribution is 0.593. The van der Waals surface area contributed by atoms with Crippen LogP contribution in [-0.2, 0) is 10.8 Å². The Kier molecular flexibility index (Phi) is 5.12. The van der Waals surface area contributed by atoms with Gasteiger partial charge in [0.2, 0.25) is 0 Å². The van der Waals surface area contributed by atoms with Crippen molar-refractivity contribution in [2.24, 2.45) is 5.73 Å². The van der Waals surface area contributed by atoms with Crippen LogP contribution in [0, 0.1) is 0 Å². The maximum absolute atomic E-state index is 11.8. The molecule has 3 N–H and O–H groups in total. The minimum atomic E-state index is -0.923. The maximum Gasteiger partial charge on any atom is 0.0912 e. The Morgan fingerprint density at radius 1 is 1.56 bits per heavy atom. The molecule has 1 rings (SSSR count). The van der Waals surface area contributed by atoms with E-state index in [2.05, 4.69) is 21.2 Å². The molecule has 92 valence electrons. The van der Waals surface area contributed by atoms with E-state index in [0.717, 1.165) is 8.66 Å². The van der Waals surface area contributed by atoms with Gasteiger partial charge in [-0.1, -0.05) is 0 Å². The van der Waals surface area contributed by atoms with E-state index >= 15 is 0 Å². The maximum atomic E-state index is 11.8. The quantitative estimate of drug-likeness (QED) is 0.837. The molecule has 0 amide bonds. The molecule has 0 fully saturated rings. The first-order chi connectivity index (χ1) is 7.30. The molecule has 0 saturated heterocycles. The van der Waals surface area contributed by atoms with E-state index in [1.807, 2.05) is 32.9 Å². The minimum absolute atomic E-state index is 0.206. The molecular weight excluding hydrogens is 308 g/mol. The molecule has 0 aromatic carbocycles. The number of thiophene rings is 1. The summed E-state index contributed by atoms with van der Waals surface area (Å²) in [4.78, 5) is 1.04. The van der Waals surface area contributed by atoms with Crippen molar-refractivity contribution in [1.29, 1.82) is 0 Å². The highest BCUT2D eigenvalue weighted by atomic mass is 79.9. The van der Waals surface area contributed by atoms with Crippen LogP contribution >= 0.6 is 27.3 Å². The summed E-state index contributed by atoms with van der Waals surface area (Å²) in [5, 5.41) is 3.09. The summed E-state index contributed by atoms with van der Waals surface area (Å²) in [6.45, 7) is 5.87. The molecule has 3 nitrogen and oxygen atoms in total. The molecule has 1 unspecified atom stereocenters. The fourth-order valence-electron chi connectivity index (χ4n) is 0.978. The number of nitrogens with one attached hydrogen (secondary N) is 1. The third-order valence-corrected chi connectivity index (χ3v) is 5.52. The molecule has 0 radical (unpaired) electrons. The van der Waals surface area contributed by atoms with Gasteiger partial charge in [-0.25, -0.2) is 0 Å². The first-order valence-corrected chi connectivity index (χ1v) is 7.86. The third kappa shape index (κ3) is 4.25. The van der Waals surface area contributed by atoms with Gasteiger partial charge in [-0.15, -0.1) is 11.3 Å². The van der Waals surface area contributed by atoms with Crippen LogP contribution in [0.3, 0.4) is 0 Å². The predicted molar refractivity (Wildman–Crippen MR) is 74.8 cm³/mol. The Labute approximate surface area is 111 Å². The van der Waals surface area contributed by atoms with Gasteiger partial charge in [0.1, 0.15) is 0 Å². The van der Waals surface area contributed by atoms with Gasteiger partial charge in [-0.3, -0.25) is 9.53 Å². The molecule has 1 aromatic heterocycles. The Morgan fingerprint density at radius 2 is 2.19 bits per heavy atom. The van der Waals surface area contributed by atoms with E-state index in [9.17, 15) is 4.21 Å². The first kappa shape index (κ1) is 14.3. The number of nitrogens with two attached hydrogens (primary N) is 1.